The summed E-state index contributed by atoms with van der Waals surface area (Å²) in [5.41, 5.74) is -3.60. The van der Waals surface area contributed by atoms with Crippen LogP contribution in [0.5, 0.6) is 0 Å². The summed E-state index contributed by atoms with van der Waals surface area (Å²) in [6.45, 7) is 4.85. The average Bonchev–Trinajstić information content (AvgIpc) is 3.39. The standard InChI is InChI=1S/C33H38F9N7O2/c1-4-51-29(50)19-47-10-7-21(8-11-47)17-48-9-5-6-27(25-12-20(2)26(16-28(25)48)33(40,41)42)49(30-43-45-46(3)44-30)18-22-13-23(31(34,35)36)15-24(14-22)32(37,38)39/h12-16,21,27H,4-11,17-19H2,1-3H3. The lowest BCUT2D eigenvalue weighted by atomic mass is 9.93. The molecular formula is C33H38F9N7O2. The normalized spacial score (nSPS) is 18.0. The molecule has 2 aromatic carbocycles. The zero-order valence-corrected chi connectivity index (χ0v) is 28.2. The summed E-state index contributed by atoms with van der Waals surface area (Å²) in [7, 11) is 1.43. The first kappa shape index (κ1) is 38.1. The summed E-state index contributed by atoms with van der Waals surface area (Å²) in [5.74, 6) is -0.369. The Morgan fingerprint density at radius 1 is 0.902 bits per heavy atom. The second-order valence-corrected chi connectivity index (χ2v) is 13.0. The van der Waals surface area contributed by atoms with E-state index in [1.54, 1.807) is 6.92 Å². The minimum atomic E-state index is -5.08. The number of carbonyl (C=O) groups excluding carboxylic acids is 1. The Hall–Kier alpha value is -4.09. The van der Waals surface area contributed by atoms with E-state index in [2.05, 4.69) is 15.4 Å². The first-order chi connectivity index (χ1) is 23.8. The highest BCUT2D eigenvalue weighted by atomic mass is 19.4. The van der Waals surface area contributed by atoms with Gasteiger partial charge in [-0.1, -0.05) is 11.2 Å². The second kappa shape index (κ2) is 14.9. The van der Waals surface area contributed by atoms with Crippen LogP contribution in [0.2, 0.25) is 0 Å². The van der Waals surface area contributed by atoms with E-state index in [9.17, 15) is 44.3 Å². The van der Waals surface area contributed by atoms with Gasteiger partial charge in [-0.2, -0.15) is 44.3 Å². The van der Waals surface area contributed by atoms with Crippen molar-refractivity contribution in [2.45, 2.75) is 70.6 Å². The topological polar surface area (TPSA) is 79.6 Å². The Morgan fingerprint density at radius 3 is 2.10 bits per heavy atom. The molecule has 3 heterocycles. The van der Waals surface area contributed by atoms with E-state index in [1.807, 2.05) is 9.80 Å². The molecule has 3 aromatic rings. The largest absolute Gasteiger partial charge is 0.465 e. The number of likely N-dealkylation sites (tertiary alicyclic amines) is 1. The van der Waals surface area contributed by atoms with Gasteiger partial charge in [-0.3, -0.25) is 9.69 Å². The quantitative estimate of drug-likeness (QED) is 0.169. The van der Waals surface area contributed by atoms with E-state index in [-0.39, 0.29) is 60.3 Å². The molecule has 0 bridgehead atoms. The van der Waals surface area contributed by atoms with Crippen LogP contribution in [-0.2, 0) is 41.7 Å². The van der Waals surface area contributed by atoms with E-state index >= 15 is 0 Å². The number of hydrogen-bond acceptors (Lipinski definition) is 8. The molecule has 1 atom stereocenters. The third-order valence-electron chi connectivity index (χ3n) is 9.26. The number of fused-ring (bicyclic) bond motifs is 1. The molecule has 9 nitrogen and oxygen atoms in total. The molecule has 0 amide bonds. The maximum absolute atomic E-state index is 14.3. The Morgan fingerprint density at radius 2 is 1.55 bits per heavy atom. The van der Waals surface area contributed by atoms with Crippen molar-refractivity contribution in [2.24, 2.45) is 13.0 Å². The molecule has 1 aromatic heterocycles. The molecule has 280 valence electrons. The predicted molar refractivity (Wildman–Crippen MR) is 168 cm³/mol. The summed E-state index contributed by atoms with van der Waals surface area (Å²) in [5, 5.41) is 12.0. The van der Waals surface area contributed by atoms with Gasteiger partial charge in [-0.15, -0.1) is 5.10 Å². The molecule has 51 heavy (non-hydrogen) atoms. The Labute approximate surface area is 288 Å². The molecule has 2 aliphatic heterocycles. The van der Waals surface area contributed by atoms with Gasteiger partial charge in [-0.05, 0) is 105 Å². The average molecular weight is 736 g/mol. The number of benzene rings is 2. The van der Waals surface area contributed by atoms with Crippen LogP contribution in [0.1, 0.15) is 72.0 Å². The Balaban J connectivity index is 1.54. The number of tetrazole rings is 1. The van der Waals surface area contributed by atoms with Crippen LogP contribution < -0.4 is 9.80 Å². The maximum atomic E-state index is 14.3. The first-order valence-corrected chi connectivity index (χ1v) is 16.5. The molecule has 0 saturated carbocycles. The summed E-state index contributed by atoms with van der Waals surface area (Å²) in [6.07, 6.45) is -12.8. The zero-order valence-electron chi connectivity index (χ0n) is 28.2. The fourth-order valence-electron chi connectivity index (χ4n) is 6.87. The van der Waals surface area contributed by atoms with Crippen molar-refractivity contribution in [3.05, 3.63) is 63.7 Å². The highest BCUT2D eigenvalue weighted by Gasteiger charge is 2.40. The molecule has 2 aliphatic rings. The van der Waals surface area contributed by atoms with Crippen LogP contribution in [0.3, 0.4) is 0 Å². The number of esters is 1. The molecule has 5 rings (SSSR count). The van der Waals surface area contributed by atoms with Gasteiger partial charge in [0.2, 0.25) is 0 Å². The number of halogens is 9. The van der Waals surface area contributed by atoms with Crippen molar-refractivity contribution in [3.63, 3.8) is 0 Å². The van der Waals surface area contributed by atoms with Gasteiger partial charge in [0.1, 0.15) is 0 Å². The number of rotatable bonds is 9. The molecule has 18 heteroatoms. The Bertz CT molecular complexity index is 1650. The fourth-order valence-corrected chi connectivity index (χ4v) is 6.87. The Kier molecular flexibility index (Phi) is 11.1. The van der Waals surface area contributed by atoms with Crippen LogP contribution in [0.4, 0.5) is 51.1 Å². The number of hydrogen-bond donors (Lipinski definition) is 0. The molecule has 1 unspecified atom stereocenters. The van der Waals surface area contributed by atoms with Crippen molar-refractivity contribution >= 4 is 17.6 Å². The van der Waals surface area contributed by atoms with Crippen molar-refractivity contribution in [3.8, 4) is 0 Å². The van der Waals surface area contributed by atoms with E-state index in [0.29, 0.717) is 63.1 Å². The fraction of sp³-hybridized carbons (Fsp3) is 0.576. The van der Waals surface area contributed by atoms with E-state index in [4.69, 9.17) is 4.74 Å². The molecule has 0 spiro atoms. The number of piperidine rings is 1. The summed E-state index contributed by atoms with van der Waals surface area (Å²) < 4.78 is 131. The van der Waals surface area contributed by atoms with E-state index < -0.39 is 47.8 Å². The molecule has 0 N–H and O–H groups in total. The van der Waals surface area contributed by atoms with Gasteiger partial charge in [0.15, 0.2) is 0 Å². The molecular weight excluding hydrogens is 697 g/mol. The third-order valence-corrected chi connectivity index (χ3v) is 9.26. The smallest absolute Gasteiger partial charge is 0.416 e. The van der Waals surface area contributed by atoms with Crippen LogP contribution >= 0.6 is 0 Å². The summed E-state index contributed by atoms with van der Waals surface area (Å²) in [4.78, 5) is 18.3. The lowest BCUT2D eigenvalue weighted by molar-refractivity contribution is -0.145. The monoisotopic (exact) mass is 735 g/mol. The van der Waals surface area contributed by atoms with Crippen molar-refractivity contribution in [2.75, 3.05) is 49.1 Å². The van der Waals surface area contributed by atoms with E-state index in [1.165, 1.54) is 24.9 Å². The predicted octanol–water partition coefficient (Wildman–Crippen LogP) is 7.20. The lowest BCUT2D eigenvalue weighted by Gasteiger charge is -2.36. The van der Waals surface area contributed by atoms with Gasteiger partial charge in [0.05, 0.1) is 42.9 Å². The SMILES string of the molecule is CCOC(=O)CN1CCC(CN2CCCC(N(Cc3cc(C(F)(F)F)cc(C(F)(F)F)c3)c3nnn(C)n3)c3cc(C)c(C(F)(F)F)cc32)CC1. The molecule has 1 saturated heterocycles. The van der Waals surface area contributed by atoms with E-state index in [0.717, 1.165) is 10.9 Å². The lowest BCUT2D eigenvalue weighted by Crippen LogP contribution is -2.41. The number of nitrogens with zero attached hydrogens (tertiary/aromatic N) is 7. The van der Waals surface area contributed by atoms with Crippen LogP contribution in [0, 0.1) is 12.8 Å². The maximum Gasteiger partial charge on any atom is 0.416 e. The number of carbonyl (C=O) groups is 1. The highest BCUT2D eigenvalue weighted by Crippen LogP contribution is 2.44. The molecule has 1 fully saturated rings. The first-order valence-electron chi connectivity index (χ1n) is 16.5. The minimum absolute atomic E-state index is 0.0383. The second-order valence-electron chi connectivity index (χ2n) is 13.0. The number of aromatic nitrogens is 4. The summed E-state index contributed by atoms with van der Waals surface area (Å²) in [6, 6.07) is 2.90. The van der Waals surface area contributed by atoms with Gasteiger partial charge in [0.25, 0.3) is 5.95 Å². The number of aryl methyl sites for hydroxylation is 2. The van der Waals surface area contributed by atoms with Crippen LogP contribution in [-0.4, -0.2) is 70.4 Å². The highest BCUT2D eigenvalue weighted by molar-refractivity contribution is 5.71. The van der Waals surface area contributed by atoms with Gasteiger partial charge >= 0.3 is 24.5 Å². The van der Waals surface area contributed by atoms with Gasteiger partial charge < -0.3 is 14.5 Å². The van der Waals surface area contributed by atoms with Crippen LogP contribution in [0.15, 0.2) is 30.3 Å². The van der Waals surface area contributed by atoms with Gasteiger partial charge in [-0.25, -0.2) is 0 Å². The number of anilines is 2. The summed E-state index contributed by atoms with van der Waals surface area (Å²) >= 11 is 0. The molecule has 0 radical (unpaired) electrons. The molecule has 0 aliphatic carbocycles. The van der Waals surface area contributed by atoms with Crippen molar-refractivity contribution < 1.29 is 49.0 Å². The third kappa shape index (κ3) is 9.23. The van der Waals surface area contributed by atoms with Crippen molar-refractivity contribution in [1.29, 1.82) is 0 Å². The van der Waals surface area contributed by atoms with Crippen molar-refractivity contribution in [1.82, 2.24) is 25.1 Å². The number of alkyl halides is 9. The minimum Gasteiger partial charge on any atom is -0.465 e. The number of ether oxygens (including phenoxy) is 1. The van der Waals surface area contributed by atoms with Gasteiger partial charge in [0, 0.05) is 25.3 Å². The zero-order chi connectivity index (χ0) is 37.3. The van der Waals surface area contributed by atoms with Crippen LogP contribution in [0.25, 0.3) is 0 Å².